The number of hydrogen-bond donors (Lipinski definition) is 1. The van der Waals surface area contributed by atoms with Crippen LogP contribution < -0.4 is 10.5 Å². The molecule has 0 unspecified atom stereocenters. The van der Waals surface area contributed by atoms with Gasteiger partial charge in [0.2, 0.25) is 5.88 Å². The molecule has 0 atom stereocenters. The molecule has 0 fully saturated rings. The van der Waals surface area contributed by atoms with Gasteiger partial charge in [-0.1, -0.05) is 33.3 Å². The SMILES string of the molecule is CCCC(C)(C)c1c#cc(Oc2ccc(N)cn2)cc1. The molecule has 0 aliphatic carbocycles. The van der Waals surface area contributed by atoms with Gasteiger partial charge in [-0.15, -0.1) is 0 Å². The molecule has 3 nitrogen and oxygen atoms in total. The van der Waals surface area contributed by atoms with Crippen LogP contribution in [0.15, 0.2) is 30.5 Å². The summed E-state index contributed by atoms with van der Waals surface area (Å²) in [4.78, 5) is 4.09. The van der Waals surface area contributed by atoms with Crippen LogP contribution in [0.3, 0.4) is 0 Å². The van der Waals surface area contributed by atoms with Crippen LogP contribution in [0.25, 0.3) is 0 Å². The van der Waals surface area contributed by atoms with Crippen LogP contribution in [0.2, 0.25) is 0 Å². The molecule has 2 N–H and O–H groups in total. The molecule has 2 aromatic rings. The van der Waals surface area contributed by atoms with E-state index in [9.17, 15) is 0 Å². The highest BCUT2D eigenvalue weighted by Gasteiger charge is 2.19. The van der Waals surface area contributed by atoms with Crippen molar-refractivity contribution in [1.29, 1.82) is 0 Å². The second kappa shape index (κ2) is 5.83. The lowest BCUT2D eigenvalue weighted by Crippen LogP contribution is -2.15. The fourth-order valence-corrected chi connectivity index (χ4v) is 2.15. The van der Waals surface area contributed by atoms with Gasteiger partial charge in [-0.05, 0) is 36.1 Å². The number of rotatable bonds is 5. The van der Waals surface area contributed by atoms with Crippen LogP contribution in [0, 0.1) is 12.1 Å². The Balaban J connectivity index is 2.10. The standard InChI is InChI=1S/C17H20N2O/c1-4-11-17(2,3)13-5-8-15(9-6-13)20-16-10-7-14(18)12-19-16/h5,7-8,10,12H,4,11,18H2,1-3H3. The number of pyridine rings is 1. The predicted octanol–water partition coefficient (Wildman–Crippen LogP) is 4.13. The van der Waals surface area contributed by atoms with Crippen molar-refractivity contribution < 1.29 is 4.74 Å². The van der Waals surface area contributed by atoms with Gasteiger partial charge in [0.25, 0.3) is 0 Å². The number of hydrogen-bond acceptors (Lipinski definition) is 3. The van der Waals surface area contributed by atoms with Gasteiger partial charge in [0.1, 0.15) is 0 Å². The molecule has 0 aliphatic rings. The summed E-state index contributed by atoms with van der Waals surface area (Å²) in [7, 11) is 0. The Hall–Kier alpha value is -2.21. The summed E-state index contributed by atoms with van der Waals surface area (Å²) >= 11 is 0. The summed E-state index contributed by atoms with van der Waals surface area (Å²) in [6, 6.07) is 13.7. The third-order valence-electron chi connectivity index (χ3n) is 3.30. The van der Waals surface area contributed by atoms with E-state index in [2.05, 4.69) is 37.9 Å². The summed E-state index contributed by atoms with van der Waals surface area (Å²) in [5.41, 5.74) is 7.46. The van der Waals surface area contributed by atoms with Crippen molar-refractivity contribution in [2.24, 2.45) is 0 Å². The van der Waals surface area contributed by atoms with Crippen molar-refractivity contribution in [3.05, 3.63) is 48.2 Å². The topological polar surface area (TPSA) is 48.1 Å². The highest BCUT2D eigenvalue weighted by Crippen LogP contribution is 2.28. The van der Waals surface area contributed by atoms with Crippen molar-refractivity contribution in [2.45, 2.75) is 39.0 Å². The summed E-state index contributed by atoms with van der Waals surface area (Å²) in [6.45, 7) is 6.63. The minimum atomic E-state index is 0.114. The summed E-state index contributed by atoms with van der Waals surface area (Å²) in [6.07, 6.45) is 3.84. The molecule has 0 saturated heterocycles. The van der Waals surface area contributed by atoms with Crippen LogP contribution in [0.1, 0.15) is 39.2 Å². The molecular formula is C17H20N2O. The smallest absolute Gasteiger partial charge is 0.220 e. The van der Waals surface area contributed by atoms with E-state index >= 15 is 0 Å². The summed E-state index contributed by atoms with van der Waals surface area (Å²) in [5.74, 6) is 1.11. The first kappa shape index (κ1) is 14.2. The van der Waals surface area contributed by atoms with E-state index in [1.165, 1.54) is 0 Å². The quantitative estimate of drug-likeness (QED) is 0.886. The number of ether oxygens (including phenoxy) is 1. The first-order valence-electron chi connectivity index (χ1n) is 6.85. The average Bonchev–Trinajstić information content (AvgIpc) is 2.42. The van der Waals surface area contributed by atoms with Gasteiger partial charge in [0.05, 0.1) is 11.9 Å². The lowest BCUT2D eigenvalue weighted by atomic mass is 9.81. The van der Waals surface area contributed by atoms with Gasteiger partial charge in [-0.25, -0.2) is 4.98 Å². The van der Waals surface area contributed by atoms with E-state index in [0.717, 1.165) is 18.4 Å². The third kappa shape index (κ3) is 3.42. The maximum absolute atomic E-state index is 5.61. The number of nitrogen functional groups attached to an aromatic ring is 1. The van der Waals surface area contributed by atoms with Crippen LogP contribution in [-0.4, -0.2) is 4.98 Å². The van der Waals surface area contributed by atoms with Crippen LogP contribution in [0.4, 0.5) is 5.69 Å². The highest BCUT2D eigenvalue weighted by molar-refractivity contribution is 5.37. The molecule has 0 aliphatic heterocycles. The Kier molecular flexibility index (Phi) is 4.14. The van der Waals surface area contributed by atoms with E-state index in [1.54, 1.807) is 18.3 Å². The highest BCUT2D eigenvalue weighted by atomic mass is 16.5. The molecule has 1 aromatic heterocycles. The van der Waals surface area contributed by atoms with Crippen LogP contribution >= 0.6 is 0 Å². The molecule has 20 heavy (non-hydrogen) atoms. The molecule has 1 aromatic carbocycles. The average molecular weight is 268 g/mol. The van der Waals surface area contributed by atoms with E-state index in [0.29, 0.717) is 17.3 Å². The fraction of sp³-hybridized carbons (Fsp3) is 0.353. The molecule has 0 bridgehead atoms. The molecule has 1 heterocycles. The van der Waals surface area contributed by atoms with Gasteiger partial charge in [-0.3, -0.25) is 0 Å². The van der Waals surface area contributed by atoms with Gasteiger partial charge in [0, 0.05) is 11.6 Å². The van der Waals surface area contributed by atoms with Gasteiger partial charge < -0.3 is 10.5 Å². The summed E-state index contributed by atoms with van der Waals surface area (Å²) < 4.78 is 5.61. The normalized spacial score (nSPS) is 10.9. The van der Waals surface area contributed by atoms with E-state index in [1.807, 2.05) is 12.1 Å². The fourth-order valence-electron chi connectivity index (χ4n) is 2.15. The lowest BCUT2D eigenvalue weighted by Gasteiger charge is -2.22. The minimum Gasteiger partial charge on any atom is -0.430 e. The Bertz CT molecular complexity index is 544. The Morgan fingerprint density at radius 2 is 2.00 bits per heavy atom. The Morgan fingerprint density at radius 3 is 2.55 bits per heavy atom. The molecule has 2 rings (SSSR count). The molecule has 0 radical (unpaired) electrons. The zero-order valence-electron chi connectivity index (χ0n) is 12.2. The first-order chi connectivity index (χ1) is 9.51. The third-order valence-corrected chi connectivity index (χ3v) is 3.30. The second-order valence-corrected chi connectivity index (χ2v) is 5.53. The molecule has 3 heteroatoms. The maximum Gasteiger partial charge on any atom is 0.220 e. The molecule has 0 saturated carbocycles. The lowest BCUT2D eigenvalue weighted by molar-refractivity contribution is 0.458. The van der Waals surface area contributed by atoms with Gasteiger partial charge >= 0.3 is 0 Å². The molecule has 104 valence electrons. The Morgan fingerprint density at radius 1 is 1.20 bits per heavy atom. The van der Waals surface area contributed by atoms with Crippen molar-refractivity contribution in [1.82, 2.24) is 4.98 Å². The van der Waals surface area contributed by atoms with Crippen molar-refractivity contribution >= 4 is 5.69 Å². The Labute approximate surface area is 120 Å². The zero-order valence-corrected chi connectivity index (χ0v) is 12.2. The minimum absolute atomic E-state index is 0.114. The van der Waals surface area contributed by atoms with Gasteiger partial charge in [-0.2, -0.15) is 0 Å². The molecule has 0 spiro atoms. The first-order valence-corrected chi connectivity index (χ1v) is 6.85. The predicted molar refractivity (Wildman–Crippen MR) is 80.8 cm³/mol. The van der Waals surface area contributed by atoms with E-state index in [4.69, 9.17) is 10.5 Å². The van der Waals surface area contributed by atoms with Crippen LogP contribution in [-0.2, 0) is 5.41 Å². The monoisotopic (exact) mass is 268 g/mol. The number of nitrogens with two attached hydrogens (primary N) is 1. The van der Waals surface area contributed by atoms with E-state index in [-0.39, 0.29) is 5.41 Å². The number of nitrogens with zero attached hydrogens (tertiary/aromatic N) is 1. The van der Waals surface area contributed by atoms with E-state index < -0.39 is 0 Å². The molecule has 0 amide bonds. The van der Waals surface area contributed by atoms with Crippen molar-refractivity contribution in [3.8, 4) is 11.6 Å². The van der Waals surface area contributed by atoms with Gasteiger partial charge in [0.15, 0.2) is 5.75 Å². The zero-order chi connectivity index (χ0) is 14.6. The van der Waals surface area contributed by atoms with Crippen molar-refractivity contribution in [2.75, 3.05) is 5.73 Å². The van der Waals surface area contributed by atoms with Crippen LogP contribution in [0.5, 0.6) is 11.6 Å². The maximum atomic E-state index is 5.61. The largest absolute Gasteiger partial charge is 0.430 e. The number of aromatic nitrogens is 1. The van der Waals surface area contributed by atoms with Crippen molar-refractivity contribution in [3.63, 3.8) is 0 Å². The molecular weight excluding hydrogens is 248 g/mol. The number of anilines is 1. The second-order valence-electron chi connectivity index (χ2n) is 5.53. The summed E-state index contributed by atoms with van der Waals surface area (Å²) in [5, 5.41) is 0.